The van der Waals surface area contributed by atoms with Crippen LogP contribution in [-0.2, 0) is 86.8 Å². The van der Waals surface area contributed by atoms with Crippen LogP contribution in [-0.4, -0.2) is 59.8 Å². The van der Waals surface area contributed by atoms with Crippen molar-refractivity contribution in [3.8, 4) is 90.1 Å². The first-order chi connectivity index (χ1) is 67.7. The summed E-state index contributed by atoms with van der Waals surface area (Å²) in [5, 5.41) is 7.92. The van der Waals surface area contributed by atoms with Crippen LogP contribution in [0.25, 0.3) is 178 Å². The number of aryl methyl sites for hydroxylation is 6. The van der Waals surface area contributed by atoms with E-state index in [0.29, 0.717) is 56.5 Å². The molecule has 16 nitrogen and oxygen atoms in total. The van der Waals surface area contributed by atoms with E-state index in [2.05, 4.69) is 120 Å². The molecule has 0 atom stereocenters. The summed E-state index contributed by atoms with van der Waals surface area (Å²) < 4.78 is 62.7. The molecule has 16 aromatic heterocycles. The zero-order valence-corrected chi connectivity index (χ0v) is 85.2. The van der Waals surface area contributed by atoms with Crippen LogP contribution in [0.3, 0.4) is 0 Å². The van der Waals surface area contributed by atoms with E-state index in [1.807, 2.05) is 340 Å². The number of hydrogen-bond acceptors (Lipinski definition) is 16. The molecule has 8 aromatic carbocycles. The molecule has 4 radical (unpaired) electrons. The van der Waals surface area contributed by atoms with E-state index < -0.39 is 13.2 Å². The Morgan fingerprint density at radius 1 is 0.261 bits per heavy atom. The second-order valence-electron chi connectivity index (χ2n) is 31.1. The van der Waals surface area contributed by atoms with Gasteiger partial charge in [0, 0.05) is 182 Å². The Morgan fingerprint density at radius 2 is 0.572 bits per heavy atom. The monoisotopic (exact) mass is 2510 g/mol. The molecule has 138 heavy (non-hydrogen) atoms. The number of furan rings is 4. The first-order valence-corrected chi connectivity index (χ1v) is 43.3. The largest absolute Gasteiger partial charge is 0.486 e. The molecule has 0 N–H and O–H groups in total. The second kappa shape index (κ2) is 49.2. The maximum atomic E-state index is 8.33. The summed E-state index contributed by atoms with van der Waals surface area (Å²) in [5.74, 6) is -0.141. The Balaban J connectivity index is 0.000000139. The first-order valence-electron chi connectivity index (χ1n) is 45.8. The molecule has 24 rings (SSSR count). The van der Waals surface area contributed by atoms with Gasteiger partial charge in [-0.05, 0) is 195 Å². The normalized spacial score (nSPS) is 11.2. The van der Waals surface area contributed by atoms with E-state index in [0.717, 1.165) is 156 Å². The number of benzene rings is 8. The fourth-order valence-electron chi connectivity index (χ4n) is 14.5. The molecule has 0 aliphatic carbocycles. The molecular weight excluding hydrogens is 2420 g/mol. The third-order valence-corrected chi connectivity index (χ3v) is 20.9. The summed E-state index contributed by atoms with van der Waals surface area (Å²) in [6, 6.07) is 126. The van der Waals surface area contributed by atoms with Gasteiger partial charge in [0.1, 0.15) is 0 Å². The van der Waals surface area contributed by atoms with Gasteiger partial charge in [0.05, 0.1) is 22.3 Å². The number of aromatic nitrogens is 12. The smallest absolute Gasteiger partial charge is 0.216 e. The van der Waals surface area contributed by atoms with Crippen molar-refractivity contribution in [2.45, 2.75) is 61.7 Å². The quantitative estimate of drug-likeness (QED) is 0.117. The number of hydrogen-bond donors (Lipinski definition) is 0. The summed E-state index contributed by atoms with van der Waals surface area (Å²) in [5.41, 5.74) is 25.4. The molecule has 688 valence electrons. The molecule has 24 aromatic rings. The number of rotatable bonds is 10. The van der Waals surface area contributed by atoms with Gasteiger partial charge >= 0.3 is 0 Å². The Hall–Kier alpha value is -14.6. The molecule has 0 spiro atoms. The van der Waals surface area contributed by atoms with Crippen molar-refractivity contribution in [1.82, 2.24) is 59.8 Å². The van der Waals surface area contributed by atoms with Gasteiger partial charge in [-0.15, -0.1) is 216 Å². The summed E-state index contributed by atoms with van der Waals surface area (Å²) in [7, 11) is 0. The molecule has 16 heterocycles. The van der Waals surface area contributed by atoms with Crippen molar-refractivity contribution in [3.63, 3.8) is 0 Å². The van der Waals surface area contributed by atoms with Gasteiger partial charge in [-0.25, -0.2) is 19.9 Å². The third kappa shape index (κ3) is 25.3. The van der Waals surface area contributed by atoms with Crippen LogP contribution in [0.15, 0.2) is 389 Å². The number of pyridine rings is 12. The molecule has 0 aliphatic heterocycles. The van der Waals surface area contributed by atoms with Crippen LogP contribution >= 0.6 is 0 Å². The van der Waals surface area contributed by atoms with Gasteiger partial charge < -0.3 is 57.5 Å². The van der Waals surface area contributed by atoms with E-state index in [-0.39, 0.29) is 91.9 Å². The first kappa shape index (κ1) is 93.7. The molecule has 0 bridgehead atoms. The van der Waals surface area contributed by atoms with Crippen LogP contribution < -0.4 is 0 Å². The fraction of sp³-hybridized carbons (Fsp3) is 0.0847. The summed E-state index contributed by atoms with van der Waals surface area (Å²) >= 11 is 0. The van der Waals surface area contributed by atoms with Gasteiger partial charge in [0.2, 0.25) is 22.9 Å². The van der Waals surface area contributed by atoms with Crippen LogP contribution in [0.4, 0.5) is 0 Å². The third-order valence-electron chi connectivity index (χ3n) is 20.9. The minimum absolute atomic E-state index is 0. The van der Waals surface area contributed by atoms with E-state index >= 15 is 0 Å². The topological polar surface area (TPSA) is 207 Å². The number of nitrogens with zero attached hydrogens (tertiary/aromatic N) is 12. The minimum Gasteiger partial charge on any atom is -0.486 e. The maximum Gasteiger partial charge on any atom is 0.216 e. The van der Waals surface area contributed by atoms with Crippen molar-refractivity contribution < 1.29 is 105 Å². The van der Waals surface area contributed by atoms with Gasteiger partial charge in [-0.1, -0.05) is 154 Å². The summed E-state index contributed by atoms with van der Waals surface area (Å²) in [6.07, 6.45) is 14.1. The van der Waals surface area contributed by atoms with E-state index in [1.165, 1.54) is 6.20 Å². The van der Waals surface area contributed by atoms with Crippen molar-refractivity contribution in [3.05, 3.63) is 459 Å². The predicted molar refractivity (Wildman–Crippen MR) is 535 cm³/mol. The minimum atomic E-state index is -2.16. The van der Waals surface area contributed by atoms with Crippen molar-refractivity contribution in [2.24, 2.45) is 5.92 Å². The van der Waals surface area contributed by atoms with Crippen molar-refractivity contribution in [2.75, 3.05) is 0 Å². The Labute approximate surface area is 862 Å². The van der Waals surface area contributed by atoms with Crippen LogP contribution in [0.2, 0.25) is 0 Å². The molecule has 0 unspecified atom stereocenters. The molecule has 0 amide bonds. The van der Waals surface area contributed by atoms with Gasteiger partial charge in [0.15, 0.2) is 0 Å². The number of fused-ring (bicyclic) bond motifs is 12. The Kier molecular flexibility index (Phi) is 33.4. The molecule has 20 heteroatoms. The van der Waals surface area contributed by atoms with Crippen LogP contribution in [0, 0.1) is 95.9 Å². The average Bonchev–Trinajstić information content (AvgIpc) is 1.64. The Bertz CT molecular complexity index is 7610. The standard InChI is InChI=1S/C20H17N2O.3C18H13N2O.4C11H8N.4Ir/c1-13(2)11-14-8-10-21-18(12-14)17-6-3-5-15-16-7-4-9-22-20(16)23-19(15)17;3*1-11-6-9-16(19-10-11)15-5-3-4-13-14-8-7-12(2)20-18(14)21-17(13)15;4*1-2-6-10(7-3-1)11-8-4-5-9-12-11;;;;/h3-5,7-10,12-13H,11H2,1-2H3;3*3-4,6-10H,1-2H3;4*1-6,8-9H;;;;/q8*-1;;;;/i11D2;1D3;;;;;;;;;;. The van der Waals surface area contributed by atoms with Crippen molar-refractivity contribution >= 4 is 88.3 Å². The van der Waals surface area contributed by atoms with Crippen LogP contribution in [0.1, 0.15) is 60.0 Å². The molecule has 0 saturated carbocycles. The molecule has 0 saturated heterocycles. The zero-order chi connectivity index (χ0) is 96.2. The molecule has 0 fully saturated rings. The van der Waals surface area contributed by atoms with E-state index in [4.69, 9.17) is 24.5 Å². The van der Waals surface area contributed by atoms with Gasteiger partial charge in [-0.2, -0.15) is 0 Å². The van der Waals surface area contributed by atoms with Crippen LogP contribution in [0.5, 0.6) is 0 Å². The summed E-state index contributed by atoms with van der Waals surface area (Å²) in [4.78, 5) is 52.1. The Morgan fingerprint density at radius 3 is 0.877 bits per heavy atom. The SMILES string of the molecule is Cc1ccc(-c2[c-]ccc3c2oc2nc(C)ccc23)nc1.Cc1ccc(-c2[c-]ccc3c2oc2nc(C)ccc23)nc1.[2H]C([2H])([2H])c1ccc(-c2[c-]ccc3c2oc2nc(C)ccc23)nc1.[2H]C([2H])(c1ccnc(-c2[c-]ccc3c2oc2ncccc23)c1)C(C)C.[Ir].[Ir].[Ir].[Ir].[c-]1ccccc1-c1ccccn1.[c-]1ccccc1-c1ccccn1.[c-]1ccccc1-c1ccccn1.[c-]1ccccc1-c1ccccn1. The van der Waals surface area contributed by atoms with Gasteiger partial charge in [0.25, 0.3) is 0 Å². The molecular formula is C118H88Ir4N12O4-8. The van der Waals surface area contributed by atoms with Gasteiger partial charge in [-0.3, -0.25) is 0 Å². The molecule has 0 aliphatic rings. The fourth-order valence-corrected chi connectivity index (χ4v) is 14.5. The zero-order valence-electron chi connectivity index (χ0n) is 80.6. The van der Waals surface area contributed by atoms with E-state index in [9.17, 15) is 0 Å². The predicted octanol–water partition coefficient (Wildman–Crippen LogP) is 28.6. The average molecular weight is 2510 g/mol. The summed E-state index contributed by atoms with van der Waals surface area (Å²) in [6.45, 7) is 11.5. The van der Waals surface area contributed by atoms with Crippen molar-refractivity contribution in [1.29, 1.82) is 0 Å². The van der Waals surface area contributed by atoms with E-state index in [1.54, 1.807) is 61.4 Å². The second-order valence-corrected chi connectivity index (χ2v) is 31.1. The maximum absolute atomic E-state index is 8.33.